The minimum atomic E-state index is -1.20. The summed E-state index contributed by atoms with van der Waals surface area (Å²) in [4.78, 5) is 9.99. The summed E-state index contributed by atoms with van der Waals surface area (Å²) < 4.78 is 39.6. The number of hydrogen-bond donors (Lipinski definition) is 2. The van der Waals surface area contributed by atoms with Gasteiger partial charge in [-0.2, -0.15) is 0 Å². The maximum Gasteiger partial charge on any atom is 0.207 e. The Labute approximate surface area is 156 Å². The van der Waals surface area contributed by atoms with Crippen LogP contribution in [0.4, 0.5) is 4.39 Å². The van der Waals surface area contributed by atoms with Crippen LogP contribution in [0.15, 0.2) is 0 Å². The van der Waals surface area contributed by atoms with Crippen molar-refractivity contribution in [3.05, 3.63) is 0 Å². The van der Waals surface area contributed by atoms with Gasteiger partial charge in [-0.05, 0) is 0 Å². The number of rotatable bonds is 21. The minimum absolute atomic E-state index is 0.0399. The number of alkyl halides is 1. The van der Waals surface area contributed by atoms with Crippen LogP contribution in [-0.2, 0) is 28.5 Å². The molecule has 8 nitrogen and oxygen atoms in total. The van der Waals surface area contributed by atoms with Crippen LogP contribution in [0.5, 0.6) is 0 Å². The van der Waals surface area contributed by atoms with E-state index < -0.39 is 6.17 Å². The number of halogens is 1. The Morgan fingerprint density at radius 3 is 1.73 bits per heavy atom. The average molecular weight is 382 g/mol. The van der Waals surface area contributed by atoms with Gasteiger partial charge in [0.05, 0.1) is 72.6 Å². The summed E-state index contributed by atoms with van der Waals surface area (Å²) in [5.41, 5.74) is 0. The van der Waals surface area contributed by atoms with Gasteiger partial charge in [-0.3, -0.25) is 4.79 Å². The third-order valence-electron chi connectivity index (χ3n) is 3.01. The highest BCUT2D eigenvalue weighted by molar-refractivity contribution is 5.45. The van der Waals surface area contributed by atoms with Crippen molar-refractivity contribution in [2.75, 3.05) is 79.2 Å². The Kier molecular flexibility index (Phi) is 19.8. The first-order valence-corrected chi connectivity index (χ1v) is 9.10. The van der Waals surface area contributed by atoms with E-state index in [9.17, 15) is 9.18 Å². The second kappa shape index (κ2) is 20.5. The van der Waals surface area contributed by atoms with Crippen molar-refractivity contribution in [2.24, 2.45) is 0 Å². The average Bonchev–Trinajstić information content (AvgIpc) is 2.62. The van der Waals surface area contributed by atoms with Crippen molar-refractivity contribution in [2.45, 2.75) is 26.1 Å². The van der Waals surface area contributed by atoms with E-state index in [0.717, 1.165) is 6.54 Å². The number of nitrogens with one attached hydrogen (secondary N) is 2. The molecule has 0 aromatic carbocycles. The molecule has 0 bridgehead atoms. The van der Waals surface area contributed by atoms with Crippen LogP contribution in [0, 0.1) is 0 Å². The second-order valence-corrected chi connectivity index (χ2v) is 5.76. The smallest absolute Gasteiger partial charge is 0.207 e. The van der Waals surface area contributed by atoms with Crippen LogP contribution in [0.1, 0.15) is 13.8 Å². The van der Waals surface area contributed by atoms with Crippen molar-refractivity contribution in [3.63, 3.8) is 0 Å². The molecule has 156 valence electrons. The van der Waals surface area contributed by atoms with Gasteiger partial charge in [0.25, 0.3) is 0 Å². The molecule has 0 aliphatic rings. The van der Waals surface area contributed by atoms with Crippen molar-refractivity contribution in [1.82, 2.24) is 10.6 Å². The molecule has 0 saturated carbocycles. The molecular weight excluding hydrogens is 347 g/mol. The summed E-state index contributed by atoms with van der Waals surface area (Å²) in [6, 6.07) is 0.475. The lowest BCUT2D eigenvalue weighted by Crippen LogP contribution is -2.27. The van der Waals surface area contributed by atoms with E-state index in [2.05, 4.69) is 24.5 Å². The van der Waals surface area contributed by atoms with Gasteiger partial charge in [0.1, 0.15) is 6.17 Å². The largest absolute Gasteiger partial charge is 0.378 e. The fraction of sp³-hybridized carbons (Fsp3) is 0.941. The molecule has 1 amide bonds. The van der Waals surface area contributed by atoms with E-state index in [0.29, 0.717) is 71.9 Å². The van der Waals surface area contributed by atoms with E-state index >= 15 is 0 Å². The summed E-state index contributed by atoms with van der Waals surface area (Å²) in [7, 11) is 0. The maximum absolute atomic E-state index is 13.1. The normalized spacial score (nSPS) is 12.5. The van der Waals surface area contributed by atoms with Crippen LogP contribution in [0.25, 0.3) is 0 Å². The lowest BCUT2D eigenvalue weighted by molar-refractivity contribution is -0.109. The molecule has 9 heteroatoms. The summed E-state index contributed by atoms with van der Waals surface area (Å²) in [6.07, 6.45) is -0.744. The standard InChI is InChI=1S/C17H35FN2O6/c1-16(2)20-3-4-22-5-6-23-7-8-24-9-10-25-11-12-26-14-17(18)13-19-15-21/h15-17,20H,3-14H2,1-2H3,(H,19,21). The molecular formula is C17H35FN2O6. The Balaban J connectivity index is 3.06. The van der Waals surface area contributed by atoms with Crippen LogP contribution in [0.3, 0.4) is 0 Å². The summed E-state index contributed by atoms with van der Waals surface area (Å²) in [5.74, 6) is 0. The summed E-state index contributed by atoms with van der Waals surface area (Å²) in [5, 5.41) is 5.52. The lowest BCUT2D eigenvalue weighted by atomic mass is 10.4. The first-order valence-electron chi connectivity index (χ1n) is 9.10. The van der Waals surface area contributed by atoms with Crippen LogP contribution in [-0.4, -0.2) is 97.8 Å². The number of carbonyl (C=O) groups is 1. The Morgan fingerprint density at radius 1 is 0.808 bits per heavy atom. The van der Waals surface area contributed by atoms with Crippen molar-refractivity contribution in [3.8, 4) is 0 Å². The van der Waals surface area contributed by atoms with Gasteiger partial charge in [-0.15, -0.1) is 0 Å². The van der Waals surface area contributed by atoms with Gasteiger partial charge in [-0.1, -0.05) is 13.8 Å². The second-order valence-electron chi connectivity index (χ2n) is 5.76. The Hall–Kier alpha value is -0.840. The Morgan fingerprint density at radius 2 is 1.27 bits per heavy atom. The molecule has 0 saturated heterocycles. The predicted molar refractivity (Wildman–Crippen MR) is 96.2 cm³/mol. The predicted octanol–water partition coefficient (Wildman–Crippen LogP) is 0.152. The number of amides is 1. The SMILES string of the molecule is CC(C)NCCOCCOCCOCCOCCOCC(F)CNC=O. The fourth-order valence-corrected chi connectivity index (χ4v) is 1.75. The lowest BCUT2D eigenvalue weighted by Gasteiger charge is -2.10. The summed E-state index contributed by atoms with van der Waals surface area (Å²) in [6.45, 7) is 9.36. The monoisotopic (exact) mass is 382 g/mol. The van der Waals surface area contributed by atoms with Crippen molar-refractivity contribution >= 4 is 6.41 Å². The molecule has 0 aromatic heterocycles. The highest BCUT2D eigenvalue weighted by Gasteiger charge is 2.04. The molecule has 0 fully saturated rings. The van der Waals surface area contributed by atoms with Gasteiger partial charge < -0.3 is 34.3 Å². The number of carbonyl (C=O) groups excluding carboxylic acids is 1. The van der Waals surface area contributed by atoms with E-state index in [1.54, 1.807) is 0 Å². The number of hydrogen-bond acceptors (Lipinski definition) is 7. The molecule has 0 aromatic rings. The van der Waals surface area contributed by atoms with E-state index in [1.807, 2.05) is 0 Å². The van der Waals surface area contributed by atoms with Crippen molar-refractivity contribution < 1.29 is 32.9 Å². The van der Waals surface area contributed by atoms with Crippen LogP contribution < -0.4 is 10.6 Å². The molecule has 0 spiro atoms. The third kappa shape index (κ3) is 21.2. The topological polar surface area (TPSA) is 87.3 Å². The van der Waals surface area contributed by atoms with Gasteiger partial charge >= 0.3 is 0 Å². The molecule has 2 N–H and O–H groups in total. The van der Waals surface area contributed by atoms with E-state index in [1.165, 1.54) is 0 Å². The maximum atomic E-state index is 13.1. The zero-order chi connectivity index (χ0) is 19.3. The highest BCUT2D eigenvalue weighted by Crippen LogP contribution is 1.90. The molecule has 0 aliphatic carbocycles. The zero-order valence-electron chi connectivity index (χ0n) is 16.0. The minimum Gasteiger partial charge on any atom is -0.378 e. The number of ether oxygens (including phenoxy) is 5. The van der Waals surface area contributed by atoms with Crippen LogP contribution >= 0.6 is 0 Å². The third-order valence-corrected chi connectivity index (χ3v) is 3.01. The molecule has 0 rings (SSSR count). The molecule has 1 unspecified atom stereocenters. The fourth-order valence-electron chi connectivity index (χ4n) is 1.75. The first kappa shape index (κ1) is 25.2. The van der Waals surface area contributed by atoms with Crippen LogP contribution in [0.2, 0.25) is 0 Å². The molecule has 0 aliphatic heterocycles. The molecule has 1 atom stereocenters. The van der Waals surface area contributed by atoms with Gasteiger partial charge in [0.2, 0.25) is 6.41 Å². The van der Waals surface area contributed by atoms with Gasteiger partial charge in [0.15, 0.2) is 0 Å². The van der Waals surface area contributed by atoms with E-state index in [-0.39, 0.29) is 13.2 Å². The quantitative estimate of drug-likeness (QED) is 0.216. The Bertz CT molecular complexity index is 300. The molecule has 0 radical (unpaired) electrons. The summed E-state index contributed by atoms with van der Waals surface area (Å²) >= 11 is 0. The van der Waals surface area contributed by atoms with E-state index in [4.69, 9.17) is 23.7 Å². The van der Waals surface area contributed by atoms with Gasteiger partial charge in [0, 0.05) is 12.6 Å². The molecule has 0 heterocycles. The van der Waals surface area contributed by atoms with Crippen molar-refractivity contribution in [1.29, 1.82) is 0 Å². The highest BCUT2D eigenvalue weighted by atomic mass is 19.1. The molecule has 26 heavy (non-hydrogen) atoms. The first-order chi connectivity index (χ1) is 12.7. The van der Waals surface area contributed by atoms with Gasteiger partial charge in [-0.25, -0.2) is 4.39 Å². The zero-order valence-corrected chi connectivity index (χ0v) is 16.0.